The van der Waals surface area contributed by atoms with Crippen LogP contribution in [0.2, 0.25) is 0 Å². The second-order valence-corrected chi connectivity index (χ2v) is 4.04. The quantitative estimate of drug-likeness (QED) is 0.629. The van der Waals surface area contributed by atoms with Crippen LogP contribution < -0.4 is 10.6 Å². The highest BCUT2D eigenvalue weighted by molar-refractivity contribution is 5.96. The maximum atomic E-state index is 11.7. The van der Waals surface area contributed by atoms with Crippen LogP contribution in [0.15, 0.2) is 18.2 Å². The van der Waals surface area contributed by atoms with Crippen LogP contribution in [0.4, 0.5) is 11.4 Å². The number of anilines is 2. The molecule has 17 heavy (non-hydrogen) atoms. The number of hydrogen-bond acceptors (Lipinski definition) is 4. The molecule has 2 N–H and O–H groups in total. The lowest BCUT2D eigenvalue weighted by atomic mass is 10.1. The Hall–Kier alpha value is -1.71. The molecular formula is C13H20N2O2. The number of nitrogens with zero attached hydrogens (tertiary/aromatic N) is 1. The molecule has 4 nitrogen and oxygen atoms in total. The Labute approximate surface area is 102 Å². The Bertz CT molecular complexity index is 391. The first-order valence-electron chi connectivity index (χ1n) is 5.79. The van der Waals surface area contributed by atoms with E-state index in [1.54, 1.807) is 12.1 Å². The summed E-state index contributed by atoms with van der Waals surface area (Å²) < 4.78 is 4.77. The average Bonchev–Trinajstić information content (AvgIpc) is 2.34. The molecule has 0 saturated carbocycles. The van der Waals surface area contributed by atoms with Crippen molar-refractivity contribution >= 4 is 17.3 Å². The minimum Gasteiger partial charge on any atom is -0.465 e. The van der Waals surface area contributed by atoms with Gasteiger partial charge >= 0.3 is 5.97 Å². The van der Waals surface area contributed by atoms with Crippen molar-refractivity contribution in [1.82, 2.24) is 0 Å². The molecule has 94 valence electrons. The van der Waals surface area contributed by atoms with E-state index < -0.39 is 0 Å². The predicted molar refractivity (Wildman–Crippen MR) is 70.4 cm³/mol. The first kappa shape index (κ1) is 13.4. The van der Waals surface area contributed by atoms with Crippen LogP contribution in [0.1, 0.15) is 30.1 Å². The van der Waals surface area contributed by atoms with Crippen LogP contribution in [0.5, 0.6) is 0 Å². The van der Waals surface area contributed by atoms with Gasteiger partial charge in [0, 0.05) is 19.3 Å². The number of carbonyl (C=O) groups is 1. The molecule has 0 fully saturated rings. The summed E-state index contributed by atoms with van der Waals surface area (Å²) in [5.41, 5.74) is 7.64. The van der Waals surface area contributed by atoms with E-state index in [4.69, 9.17) is 10.5 Å². The Balaban J connectivity index is 3.01. The van der Waals surface area contributed by atoms with Gasteiger partial charge < -0.3 is 15.4 Å². The van der Waals surface area contributed by atoms with Crippen molar-refractivity contribution < 1.29 is 9.53 Å². The van der Waals surface area contributed by atoms with E-state index in [1.165, 1.54) is 7.11 Å². The summed E-state index contributed by atoms with van der Waals surface area (Å²) in [6.07, 6.45) is 2.20. The minimum absolute atomic E-state index is 0.351. The number of esters is 1. The third kappa shape index (κ3) is 3.37. The zero-order valence-electron chi connectivity index (χ0n) is 10.7. The minimum atomic E-state index is -0.351. The number of rotatable bonds is 5. The highest BCUT2D eigenvalue weighted by Gasteiger charge is 2.14. The Morgan fingerprint density at radius 2 is 2.18 bits per heavy atom. The van der Waals surface area contributed by atoms with Crippen molar-refractivity contribution in [1.29, 1.82) is 0 Å². The summed E-state index contributed by atoms with van der Waals surface area (Å²) in [6, 6.07) is 5.31. The summed E-state index contributed by atoms with van der Waals surface area (Å²) in [4.78, 5) is 13.7. The van der Waals surface area contributed by atoms with Gasteiger partial charge in [-0.1, -0.05) is 13.3 Å². The van der Waals surface area contributed by atoms with Crippen molar-refractivity contribution in [2.75, 3.05) is 31.3 Å². The van der Waals surface area contributed by atoms with Crippen molar-refractivity contribution in [3.05, 3.63) is 23.8 Å². The summed E-state index contributed by atoms with van der Waals surface area (Å²) >= 11 is 0. The van der Waals surface area contributed by atoms with Crippen molar-refractivity contribution in [2.24, 2.45) is 0 Å². The molecule has 0 atom stereocenters. The van der Waals surface area contributed by atoms with E-state index in [1.807, 2.05) is 13.1 Å². The molecule has 1 aromatic rings. The van der Waals surface area contributed by atoms with Gasteiger partial charge in [0.25, 0.3) is 0 Å². The highest BCUT2D eigenvalue weighted by atomic mass is 16.5. The van der Waals surface area contributed by atoms with Gasteiger partial charge in [-0.05, 0) is 24.6 Å². The fraction of sp³-hybridized carbons (Fsp3) is 0.462. The zero-order chi connectivity index (χ0) is 12.8. The van der Waals surface area contributed by atoms with Gasteiger partial charge in [-0.25, -0.2) is 4.79 Å². The van der Waals surface area contributed by atoms with Crippen LogP contribution >= 0.6 is 0 Å². The lowest BCUT2D eigenvalue weighted by molar-refractivity contribution is 0.0601. The molecule has 0 heterocycles. The average molecular weight is 236 g/mol. The van der Waals surface area contributed by atoms with Gasteiger partial charge in [0.15, 0.2) is 0 Å². The summed E-state index contributed by atoms with van der Waals surface area (Å²) in [5.74, 6) is -0.351. The molecule has 0 aliphatic rings. The molecule has 0 radical (unpaired) electrons. The largest absolute Gasteiger partial charge is 0.465 e. The first-order valence-corrected chi connectivity index (χ1v) is 5.79. The summed E-state index contributed by atoms with van der Waals surface area (Å²) in [6.45, 7) is 3.04. The topological polar surface area (TPSA) is 55.6 Å². The van der Waals surface area contributed by atoms with Crippen LogP contribution in [0.25, 0.3) is 0 Å². The lowest BCUT2D eigenvalue weighted by Crippen LogP contribution is -2.21. The third-order valence-corrected chi connectivity index (χ3v) is 2.68. The molecule has 1 rings (SSSR count). The molecular weight excluding hydrogens is 216 g/mol. The fourth-order valence-corrected chi connectivity index (χ4v) is 1.68. The normalized spacial score (nSPS) is 10.1. The number of ether oxygens (including phenoxy) is 1. The highest BCUT2D eigenvalue weighted by Crippen LogP contribution is 2.23. The summed E-state index contributed by atoms with van der Waals surface area (Å²) in [7, 11) is 3.34. The van der Waals surface area contributed by atoms with Gasteiger partial charge in [-0.2, -0.15) is 0 Å². The maximum Gasteiger partial charge on any atom is 0.340 e. The number of carbonyl (C=O) groups excluding carboxylic acids is 1. The van der Waals surface area contributed by atoms with Crippen molar-refractivity contribution in [2.45, 2.75) is 19.8 Å². The van der Waals surface area contributed by atoms with Crippen molar-refractivity contribution in [3.63, 3.8) is 0 Å². The van der Waals surface area contributed by atoms with Gasteiger partial charge in [0.05, 0.1) is 18.4 Å². The number of unbranched alkanes of at least 4 members (excludes halogenated alkanes) is 1. The zero-order valence-corrected chi connectivity index (χ0v) is 10.7. The number of methoxy groups -OCH3 is 1. The van der Waals surface area contributed by atoms with Crippen molar-refractivity contribution in [3.8, 4) is 0 Å². The second-order valence-electron chi connectivity index (χ2n) is 4.04. The molecule has 0 bridgehead atoms. The number of nitrogens with two attached hydrogens (primary N) is 1. The molecule has 0 aliphatic heterocycles. The van der Waals surface area contributed by atoms with Gasteiger partial charge in [0.2, 0.25) is 0 Å². The maximum absolute atomic E-state index is 11.7. The molecule has 0 spiro atoms. The smallest absolute Gasteiger partial charge is 0.340 e. The SMILES string of the molecule is CCCCN(C)c1ccc(N)cc1C(=O)OC. The molecule has 0 aliphatic carbocycles. The van der Waals surface area contributed by atoms with E-state index in [0.717, 1.165) is 25.1 Å². The van der Waals surface area contributed by atoms with Crippen LogP contribution in [0, 0.1) is 0 Å². The molecule has 4 heteroatoms. The molecule has 0 amide bonds. The lowest BCUT2D eigenvalue weighted by Gasteiger charge is -2.21. The van der Waals surface area contributed by atoms with E-state index in [9.17, 15) is 4.79 Å². The molecule has 0 saturated heterocycles. The number of benzene rings is 1. The van der Waals surface area contributed by atoms with Gasteiger partial charge in [0.1, 0.15) is 0 Å². The predicted octanol–water partition coefficient (Wildman–Crippen LogP) is 2.29. The molecule has 0 aromatic heterocycles. The van der Waals surface area contributed by atoms with E-state index in [-0.39, 0.29) is 5.97 Å². The van der Waals surface area contributed by atoms with Crippen LogP contribution in [0.3, 0.4) is 0 Å². The molecule has 0 unspecified atom stereocenters. The van der Waals surface area contributed by atoms with Crippen LogP contribution in [-0.2, 0) is 4.74 Å². The Morgan fingerprint density at radius 3 is 2.76 bits per heavy atom. The fourth-order valence-electron chi connectivity index (χ4n) is 1.68. The van der Waals surface area contributed by atoms with E-state index in [0.29, 0.717) is 11.3 Å². The monoisotopic (exact) mass is 236 g/mol. The van der Waals surface area contributed by atoms with Gasteiger partial charge in [-0.3, -0.25) is 0 Å². The van der Waals surface area contributed by atoms with E-state index >= 15 is 0 Å². The third-order valence-electron chi connectivity index (χ3n) is 2.68. The van der Waals surface area contributed by atoms with E-state index in [2.05, 4.69) is 11.8 Å². The van der Waals surface area contributed by atoms with Crippen LogP contribution in [-0.4, -0.2) is 26.7 Å². The standard InChI is InChI=1S/C13H20N2O2/c1-4-5-8-15(2)12-7-6-10(14)9-11(12)13(16)17-3/h6-7,9H,4-5,8,14H2,1-3H3. The van der Waals surface area contributed by atoms with Gasteiger partial charge in [-0.15, -0.1) is 0 Å². The second kappa shape index (κ2) is 6.13. The summed E-state index contributed by atoms with van der Waals surface area (Å²) in [5, 5.41) is 0. The first-order chi connectivity index (χ1) is 8.10. The number of nitrogen functional groups attached to an aromatic ring is 1. The number of hydrogen-bond donors (Lipinski definition) is 1. The Morgan fingerprint density at radius 1 is 1.47 bits per heavy atom. The Kier molecular flexibility index (Phi) is 4.82. The molecule has 1 aromatic carbocycles.